The molecule has 43 heavy (non-hydrogen) atoms. The quantitative estimate of drug-likeness (QED) is 0.183. The lowest BCUT2D eigenvalue weighted by molar-refractivity contribution is -0.118. The molecule has 0 spiro atoms. The Morgan fingerprint density at radius 3 is 1.86 bits per heavy atom. The Labute approximate surface area is 262 Å². The van der Waals surface area contributed by atoms with Crippen molar-refractivity contribution in [2.24, 2.45) is 0 Å². The number of Topliss-reactive ketones (excluding diaryl/α,β-unsaturated/α-hetero) is 1. The van der Waals surface area contributed by atoms with Gasteiger partial charge in [-0.05, 0) is 46.9 Å². The number of nitrogens with zero attached hydrogens (tertiary/aromatic N) is 4. The van der Waals surface area contributed by atoms with Crippen LogP contribution in [0.5, 0.6) is 0 Å². The van der Waals surface area contributed by atoms with E-state index in [0.717, 1.165) is 34.0 Å². The largest absolute Gasteiger partial charge is 0.300 e. The number of aromatic nitrogens is 4. The third-order valence-electron chi connectivity index (χ3n) is 5.91. The Bertz CT molecular complexity index is 1690. The number of hydrogen-bond acceptors (Lipinski definition) is 13. The molecule has 0 radical (unpaired) electrons. The van der Waals surface area contributed by atoms with Crippen LogP contribution in [0, 0.1) is 0 Å². The number of carbonyl (C=O) groups excluding carboxylic acids is 2. The van der Waals surface area contributed by atoms with Crippen molar-refractivity contribution in [3.8, 4) is 0 Å². The van der Waals surface area contributed by atoms with Gasteiger partial charge in [0.2, 0.25) is 11.0 Å². The maximum atomic E-state index is 12.5. The minimum absolute atomic E-state index is 0.0227. The Morgan fingerprint density at radius 2 is 1.26 bits per heavy atom. The molecule has 11 nitrogen and oxygen atoms in total. The standard InChI is InChI=1S/C27H29N5O6S5/c1-42(35,36)21-7-3-5-18(14-21)13-20(33)17-26-31-29-24(40-26)9-11-39-12-10-25-30-32-27(41-25)28-23(34)16-19-6-4-8-22(15-19)43(2,37)38/h3-8,14-15H,9-13,16-17H2,1-2H3,(H,28,32,34). The molecule has 4 aromatic rings. The van der Waals surface area contributed by atoms with Gasteiger partial charge in [0.25, 0.3) is 0 Å². The highest BCUT2D eigenvalue weighted by molar-refractivity contribution is 7.99. The summed E-state index contributed by atoms with van der Waals surface area (Å²) in [4.78, 5) is 25.3. The van der Waals surface area contributed by atoms with E-state index >= 15 is 0 Å². The molecule has 16 heteroatoms. The summed E-state index contributed by atoms with van der Waals surface area (Å²) in [6, 6.07) is 12.7. The molecule has 0 aliphatic rings. The molecule has 0 fully saturated rings. The second-order valence-corrected chi connectivity index (χ2v) is 17.1. The first-order chi connectivity index (χ1) is 20.3. The van der Waals surface area contributed by atoms with E-state index in [-0.39, 0.29) is 40.7 Å². The SMILES string of the molecule is CS(=O)(=O)c1cccc(CC(=O)Cc2nnc(CCSCCc3nnc(NC(=O)Cc4cccc(S(C)(=O)=O)c4)s3)s2)c1. The molecule has 0 bridgehead atoms. The highest BCUT2D eigenvalue weighted by Gasteiger charge is 2.14. The van der Waals surface area contributed by atoms with E-state index in [1.54, 1.807) is 36.0 Å². The second kappa shape index (κ2) is 14.6. The van der Waals surface area contributed by atoms with Crippen molar-refractivity contribution in [2.75, 3.05) is 29.3 Å². The van der Waals surface area contributed by atoms with Crippen LogP contribution in [-0.2, 0) is 61.4 Å². The lowest BCUT2D eigenvalue weighted by Crippen LogP contribution is -2.14. The number of sulfone groups is 2. The van der Waals surface area contributed by atoms with Gasteiger partial charge in [-0.15, -0.1) is 31.7 Å². The van der Waals surface area contributed by atoms with E-state index in [2.05, 4.69) is 25.7 Å². The number of benzene rings is 2. The fourth-order valence-corrected chi connectivity index (χ4v) is 8.02. The molecule has 0 aliphatic heterocycles. The second-order valence-electron chi connectivity index (χ2n) is 9.66. The summed E-state index contributed by atoms with van der Waals surface area (Å²) in [6.45, 7) is 0. The predicted octanol–water partition coefficient (Wildman–Crippen LogP) is 3.25. The summed E-state index contributed by atoms with van der Waals surface area (Å²) in [5.41, 5.74) is 1.24. The van der Waals surface area contributed by atoms with Gasteiger partial charge in [-0.1, -0.05) is 35.6 Å². The van der Waals surface area contributed by atoms with Gasteiger partial charge < -0.3 is 5.32 Å². The van der Waals surface area contributed by atoms with E-state index in [1.165, 1.54) is 46.9 Å². The van der Waals surface area contributed by atoms with Gasteiger partial charge in [0.15, 0.2) is 19.7 Å². The minimum atomic E-state index is -3.35. The molecule has 2 aromatic heterocycles. The van der Waals surface area contributed by atoms with E-state index in [9.17, 15) is 26.4 Å². The Kier molecular flexibility index (Phi) is 11.2. The van der Waals surface area contributed by atoms with Crippen LogP contribution in [0.2, 0.25) is 0 Å². The van der Waals surface area contributed by atoms with Crippen LogP contribution in [0.4, 0.5) is 5.13 Å². The molecule has 4 rings (SSSR count). The normalized spacial score (nSPS) is 11.9. The Balaban J connectivity index is 1.15. The van der Waals surface area contributed by atoms with Crippen LogP contribution < -0.4 is 5.32 Å². The summed E-state index contributed by atoms with van der Waals surface area (Å²) in [5, 5.41) is 21.9. The zero-order chi connectivity index (χ0) is 31.0. The van der Waals surface area contributed by atoms with Crippen molar-refractivity contribution < 1.29 is 26.4 Å². The van der Waals surface area contributed by atoms with Gasteiger partial charge in [0.05, 0.1) is 22.6 Å². The zero-order valence-electron chi connectivity index (χ0n) is 23.3. The Hall–Kier alpha value is -3.05. The van der Waals surface area contributed by atoms with Gasteiger partial charge in [0, 0.05) is 31.8 Å². The minimum Gasteiger partial charge on any atom is -0.300 e. The van der Waals surface area contributed by atoms with E-state index < -0.39 is 19.7 Å². The fraction of sp³-hybridized carbons (Fsp3) is 0.333. The molecule has 0 saturated heterocycles. The average molecular weight is 680 g/mol. The number of thioether (sulfide) groups is 1. The van der Waals surface area contributed by atoms with Crippen molar-refractivity contribution >= 4 is 70.9 Å². The summed E-state index contributed by atoms with van der Waals surface area (Å²) in [6.07, 6.45) is 3.96. The number of hydrogen-bond donors (Lipinski definition) is 1. The molecule has 2 heterocycles. The molecular weight excluding hydrogens is 651 g/mol. The number of aryl methyl sites for hydroxylation is 2. The molecule has 0 saturated carbocycles. The number of carbonyl (C=O) groups is 2. The Morgan fingerprint density at radius 1 is 0.721 bits per heavy atom. The number of rotatable bonds is 15. The van der Waals surface area contributed by atoms with Crippen LogP contribution in [0.1, 0.15) is 26.1 Å². The molecule has 0 aliphatic carbocycles. The van der Waals surface area contributed by atoms with Crippen molar-refractivity contribution in [2.45, 2.75) is 41.9 Å². The van der Waals surface area contributed by atoms with Gasteiger partial charge in [-0.2, -0.15) is 11.8 Å². The first-order valence-electron chi connectivity index (χ1n) is 13.0. The average Bonchev–Trinajstić information content (AvgIpc) is 3.56. The molecule has 0 unspecified atom stereocenters. The van der Waals surface area contributed by atoms with Crippen molar-refractivity contribution in [3.05, 3.63) is 74.7 Å². The van der Waals surface area contributed by atoms with E-state index in [0.29, 0.717) is 34.1 Å². The zero-order valence-corrected chi connectivity index (χ0v) is 27.4. The van der Waals surface area contributed by atoms with Crippen molar-refractivity contribution in [3.63, 3.8) is 0 Å². The summed E-state index contributed by atoms with van der Waals surface area (Å²) < 4.78 is 47.0. The van der Waals surface area contributed by atoms with Crippen LogP contribution in [0.15, 0.2) is 58.3 Å². The van der Waals surface area contributed by atoms with Gasteiger partial charge >= 0.3 is 0 Å². The monoisotopic (exact) mass is 679 g/mol. The maximum Gasteiger partial charge on any atom is 0.230 e. The van der Waals surface area contributed by atoms with Crippen LogP contribution in [0.25, 0.3) is 0 Å². The van der Waals surface area contributed by atoms with Gasteiger partial charge in [-0.3, -0.25) is 9.59 Å². The molecule has 1 N–H and O–H groups in total. The molecule has 2 aromatic carbocycles. The van der Waals surface area contributed by atoms with Gasteiger partial charge in [0.1, 0.15) is 20.8 Å². The number of nitrogens with one attached hydrogen (secondary N) is 1. The first-order valence-corrected chi connectivity index (χ1v) is 19.5. The maximum absolute atomic E-state index is 12.5. The number of ketones is 1. The van der Waals surface area contributed by atoms with E-state index in [4.69, 9.17) is 0 Å². The third-order valence-corrected chi connectivity index (χ3v) is 11.0. The van der Waals surface area contributed by atoms with E-state index in [1.807, 2.05) is 0 Å². The molecule has 228 valence electrons. The van der Waals surface area contributed by atoms with Crippen LogP contribution >= 0.6 is 34.4 Å². The number of amides is 1. The van der Waals surface area contributed by atoms with Crippen molar-refractivity contribution in [1.29, 1.82) is 0 Å². The third kappa shape index (κ3) is 10.6. The van der Waals surface area contributed by atoms with Crippen LogP contribution in [-0.4, -0.2) is 72.9 Å². The fourth-order valence-electron chi connectivity index (χ4n) is 3.87. The summed E-state index contributed by atoms with van der Waals surface area (Å²) in [5.74, 6) is 1.26. The van der Waals surface area contributed by atoms with Crippen molar-refractivity contribution in [1.82, 2.24) is 20.4 Å². The first kappa shape index (κ1) is 32.9. The summed E-state index contributed by atoms with van der Waals surface area (Å²) in [7, 11) is -6.68. The highest BCUT2D eigenvalue weighted by Crippen LogP contribution is 2.20. The molecular formula is C27H29N5O6S5. The lowest BCUT2D eigenvalue weighted by Gasteiger charge is -2.04. The molecule has 1 amide bonds. The van der Waals surface area contributed by atoms with Gasteiger partial charge in [-0.25, -0.2) is 16.8 Å². The smallest absolute Gasteiger partial charge is 0.230 e. The topological polar surface area (TPSA) is 166 Å². The predicted molar refractivity (Wildman–Crippen MR) is 168 cm³/mol. The lowest BCUT2D eigenvalue weighted by atomic mass is 10.1. The summed E-state index contributed by atoms with van der Waals surface area (Å²) >= 11 is 4.43. The van der Waals surface area contributed by atoms with Crippen LogP contribution in [0.3, 0.4) is 0 Å². The highest BCUT2D eigenvalue weighted by atomic mass is 32.2. The number of anilines is 1. The molecule has 0 atom stereocenters.